The summed E-state index contributed by atoms with van der Waals surface area (Å²) in [6.07, 6.45) is 0. The fraction of sp³-hybridized carbons (Fsp3) is 1.00. The fourth-order valence-corrected chi connectivity index (χ4v) is 3.57. The molecule has 0 aromatic rings. The van der Waals surface area contributed by atoms with Crippen molar-refractivity contribution >= 4 is 0 Å². The summed E-state index contributed by atoms with van der Waals surface area (Å²) >= 11 is -0.576. The number of hydrogen-bond donors (Lipinski definition) is 0. The first-order valence-corrected chi connectivity index (χ1v) is 7.17. The average Bonchev–Trinajstić information content (AvgIpc) is 1.72. The van der Waals surface area contributed by atoms with Crippen LogP contribution in [-0.4, -0.2) is 0 Å². The second-order valence-electron chi connectivity index (χ2n) is 2.09. The first kappa shape index (κ1) is 7.87. The Kier molecular flexibility index (Phi) is 5.64. The summed E-state index contributed by atoms with van der Waals surface area (Å²) < 4.78 is 4.62. The van der Waals surface area contributed by atoms with Crippen LogP contribution < -0.4 is 0 Å². The molecular formula is C6H15Sc. The molecule has 0 saturated carbocycles. The summed E-state index contributed by atoms with van der Waals surface area (Å²) in [4.78, 5) is 0. The van der Waals surface area contributed by atoms with Crippen LogP contribution in [0.1, 0.15) is 20.8 Å². The topological polar surface area (TPSA) is 0 Å². The summed E-state index contributed by atoms with van der Waals surface area (Å²) in [7, 11) is 0. The Hall–Kier alpha value is 0.870. The second-order valence-corrected chi connectivity index (χ2v) is 8.62. The van der Waals surface area contributed by atoms with Gasteiger partial charge in [-0.05, 0) is 0 Å². The van der Waals surface area contributed by atoms with Gasteiger partial charge >= 0.3 is 54.7 Å². The van der Waals surface area contributed by atoms with Gasteiger partial charge in [-0.25, -0.2) is 0 Å². The molecule has 0 bridgehead atoms. The van der Waals surface area contributed by atoms with Crippen molar-refractivity contribution in [1.82, 2.24) is 0 Å². The monoisotopic (exact) mass is 132 g/mol. The van der Waals surface area contributed by atoms with Gasteiger partial charge in [-0.1, -0.05) is 0 Å². The molecule has 0 aliphatic heterocycles. The van der Waals surface area contributed by atoms with Gasteiger partial charge in [0.25, 0.3) is 0 Å². The van der Waals surface area contributed by atoms with Crippen molar-refractivity contribution in [1.29, 1.82) is 0 Å². The van der Waals surface area contributed by atoms with E-state index in [-0.39, 0.29) is 0 Å². The Balaban J connectivity index is 2.99. The predicted octanol–water partition coefficient (Wildman–Crippen LogP) is 2.92. The van der Waals surface area contributed by atoms with Crippen LogP contribution in [0.5, 0.6) is 0 Å². The summed E-state index contributed by atoms with van der Waals surface area (Å²) in [6, 6.07) is 0. The van der Waals surface area contributed by atoms with E-state index in [0.29, 0.717) is 0 Å². The van der Waals surface area contributed by atoms with Crippen LogP contribution in [0.2, 0.25) is 12.5 Å². The molecule has 0 nitrogen and oxygen atoms in total. The standard InChI is InChI=1S/3C2H5.Sc/c3*1-2;/h3*1H2,2H3;. The van der Waals surface area contributed by atoms with Crippen molar-refractivity contribution in [2.24, 2.45) is 0 Å². The molecule has 0 fully saturated rings. The number of rotatable bonds is 3. The van der Waals surface area contributed by atoms with Gasteiger partial charge in [-0.2, -0.15) is 0 Å². The third kappa shape index (κ3) is 3.45. The molecule has 0 aromatic heterocycles. The molecule has 0 spiro atoms. The minimum atomic E-state index is -0.576. The van der Waals surface area contributed by atoms with Gasteiger partial charge in [0, 0.05) is 0 Å². The second kappa shape index (κ2) is 5.02. The molecule has 0 aromatic carbocycles. The van der Waals surface area contributed by atoms with E-state index in [0.717, 1.165) is 0 Å². The van der Waals surface area contributed by atoms with Crippen molar-refractivity contribution in [3.05, 3.63) is 0 Å². The molecule has 0 aliphatic carbocycles. The maximum absolute atomic E-state index is 2.34. The van der Waals surface area contributed by atoms with E-state index in [1.54, 1.807) is 12.5 Å². The van der Waals surface area contributed by atoms with Gasteiger partial charge in [-0.15, -0.1) is 0 Å². The molecule has 0 N–H and O–H groups in total. The molecule has 0 atom stereocenters. The van der Waals surface area contributed by atoms with E-state index >= 15 is 0 Å². The van der Waals surface area contributed by atoms with Crippen molar-refractivity contribution in [2.45, 2.75) is 33.3 Å². The molecule has 0 heterocycles. The van der Waals surface area contributed by atoms with E-state index < -0.39 is 21.4 Å². The van der Waals surface area contributed by atoms with Crippen LogP contribution in [-0.2, 0) is 21.4 Å². The van der Waals surface area contributed by atoms with Gasteiger partial charge in [-0.3, -0.25) is 0 Å². The Morgan fingerprint density at radius 3 is 1.14 bits per heavy atom. The summed E-state index contributed by atoms with van der Waals surface area (Å²) in [6.45, 7) is 7.03. The number of hydrogen-bond acceptors (Lipinski definition) is 0. The van der Waals surface area contributed by atoms with Gasteiger partial charge in [0.1, 0.15) is 0 Å². The van der Waals surface area contributed by atoms with E-state index in [4.69, 9.17) is 0 Å². The molecule has 0 unspecified atom stereocenters. The Morgan fingerprint density at radius 1 is 0.857 bits per heavy atom. The first-order valence-electron chi connectivity index (χ1n) is 3.35. The zero-order valence-corrected chi connectivity index (χ0v) is 7.50. The van der Waals surface area contributed by atoms with Gasteiger partial charge in [0.05, 0.1) is 0 Å². The van der Waals surface area contributed by atoms with Crippen molar-refractivity contribution in [3.63, 3.8) is 0 Å². The molecule has 0 radical (unpaired) electrons. The fourth-order valence-electron chi connectivity index (χ4n) is 0.866. The first-order chi connectivity index (χ1) is 3.35. The molecule has 0 rings (SSSR count). The molecule has 0 amide bonds. The van der Waals surface area contributed by atoms with Crippen LogP contribution in [0.4, 0.5) is 0 Å². The molecule has 0 aliphatic rings. The average molecular weight is 132 g/mol. The summed E-state index contributed by atoms with van der Waals surface area (Å²) in [5, 5.41) is 0. The van der Waals surface area contributed by atoms with Crippen LogP contribution in [0.25, 0.3) is 0 Å². The van der Waals surface area contributed by atoms with Crippen LogP contribution >= 0.6 is 0 Å². The van der Waals surface area contributed by atoms with Gasteiger partial charge < -0.3 is 0 Å². The van der Waals surface area contributed by atoms with E-state index in [1.165, 1.54) is 0 Å². The zero-order valence-electron chi connectivity index (χ0n) is 5.70. The Bertz CT molecular complexity index is 25.7. The maximum atomic E-state index is 2.34. The van der Waals surface area contributed by atoms with Crippen LogP contribution in [0, 0.1) is 0 Å². The molecule has 1 heteroatoms. The molecule has 0 saturated heterocycles. The van der Waals surface area contributed by atoms with E-state index in [2.05, 4.69) is 20.8 Å². The molecule has 7 heavy (non-hydrogen) atoms. The van der Waals surface area contributed by atoms with Crippen molar-refractivity contribution in [3.8, 4) is 0 Å². The van der Waals surface area contributed by atoms with Gasteiger partial charge in [0.15, 0.2) is 0 Å². The third-order valence-electron chi connectivity index (χ3n) is 1.73. The van der Waals surface area contributed by atoms with Gasteiger partial charge in [0.2, 0.25) is 0 Å². The van der Waals surface area contributed by atoms with Crippen molar-refractivity contribution < 1.29 is 21.4 Å². The summed E-state index contributed by atoms with van der Waals surface area (Å²) in [5.41, 5.74) is 0. The van der Waals surface area contributed by atoms with E-state index in [9.17, 15) is 0 Å². The predicted molar refractivity (Wildman–Crippen MR) is 31.4 cm³/mol. The Morgan fingerprint density at radius 2 is 1.14 bits per heavy atom. The Labute approximate surface area is 54.8 Å². The summed E-state index contributed by atoms with van der Waals surface area (Å²) in [5.74, 6) is 0. The molecule has 42 valence electrons. The zero-order chi connectivity index (χ0) is 5.70. The minimum absolute atomic E-state index is 0.576. The molecular weight excluding hydrogens is 117 g/mol. The van der Waals surface area contributed by atoms with Crippen LogP contribution in [0.15, 0.2) is 0 Å². The third-order valence-corrected chi connectivity index (χ3v) is 7.14. The van der Waals surface area contributed by atoms with E-state index in [1.807, 2.05) is 0 Å². The van der Waals surface area contributed by atoms with Crippen LogP contribution in [0.3, 0.4) is 0 Å². The quantitative estimate of drug-likeness (QED) is 0.553. The normalized spacial score (nSPS) is 9.00. The SMILES string of the molecule is C[CH2][Sc]([CH2]C)[CH2]C. The van der Waals surface area contributed by atoms with Crippen molar-refractivity contribution in [2.75, 3.05) is 0 Å².